The molecule has 3 saturated heterocycles. The van der Waals surface area contributed by atoms with Crippen molar-refractivity contribution in [2.24, 2.45) is 11.8 Å². The lowest BCUT2D eigenvalue weighted by atomic mass is 9.98. The fourth-order valence-electron chi connectivity index (χ4n) is 15.1. The quantitative estimate of drug-likeness (QED) is 0.0355. The number of piperidine rings is 3. The van der Waals surface area contributed by atoms with Crippen LogP contribution in [0.15, 0.2) is 183 Å². The number of ether oxygens (including phenoxy) is 5. The first kappa shape index (κ1) is 102. The van der Waals surface area contributed by atoms with Crippen molar-refractivity contribution in [1.29, 1.82) is 21.0 Å². The Bertz CT molecular complexity index is 6950. The van der Waals surface area contributed by atoms with Gasteiger partial charge in [0.1, 0.15) is 65.6 Å². The molecule has 5 N–H and O–H groups in total. The van der Waals surface area contributed by atoms with Crippen molar-refractivity contribution in [2.75, 3.05) is 121 Å². The number of nitrogens with one attached hydrogen (secondary N) is 5. The first-order valence-electron chi connectivity index (χ1n) is 44.3. The number of nitriles is 4. The van der Waals surface area contributed by atoms with E-state index in [9.17, 15) is 15.8 Å². The number of rotatable bonds is 25. The molecule has 0 saturated carbocycles. The van der Waals surface area contributed by atoms with E-state index in [0.29, 0.717) is 121 Å². The van der Waals surface area contributed by atoms with Crippen molar-refractivity contribution in [3.63, 3.8) is 0 Å². The Morgan fingerprint density at radius 3 is 1.08 bits per heavy atom. The van der Waals surface area contributed by atoms with Gasteiger partial charge in [0.15, 0.2) is 29.1 Å². The standard InChI is InChI=1S/C21H21ClN6O.C21H24ClN5O.C20H19ClN6O.C19H19ClN6O.C18H16ClN5O.H2S/c1-28-7-3-4-14(12-28)13-29-21-18(9-23)24-11-20(27-21)26-19-8-15-5-2-6-17(22)16(15)10-25-19;1-14-21(28-13-15-6-8-27(2)9-7-15)26-20(12-23-14)25-19-10-16-4-3-5-18(22)17(16)11-24-19;1-27-7-3-5-14(12-27)28-20-17(9-22)23-11-19(26-20)25-18-8-13-4-2-6-16(21)15(13)10-24-18;1-12(11-26(2)3)27-19-16(8-21)22-10-18(25-19)24-17-7-13-5-4-6-15(20)14(13)9-23-17;1-3-11(2)25-18-15(8-20)21-10-17(24-18)23-16-7-12-5-4-6-14(19)13(12)9-22-16;/h2,5-6,8,10-11,14H,3-4,7,12-13H2,1H3,(H,25,26,27);3-5,10-12,15H,6-9,13H2,1-2H3,(H,24,25,26);2,4,6,8,10-11,14H,3,5,7,12H2,1H3,(H,24,25,26);4-7,9-10,12H,11H2,1-3H3,(H,23,24,25);4-7,9-11H,3H2,1-2H3,(H,22,23,24);1H2/t;;;;11-;/m....0./s1. The summed E-state index contributed by atoms with van der Waals surface area (Å²) in [6.07, 6.45) is 23.4. The second-order valence-corrected chi connectivity index (χ2v) is 35.4. The maximum atomic E-state index is 9.34. The zero-order valence-corrected chi connectivity index (χ0v) is 82.0. The van der Waals surface area contributed by atoms with E-state index in [1.807, 2.05) is 192 Å². The number of hydrogen-bond acceptors (Lipinski definition) is 33. The lowest BCUT2D eigenvalue weighted by Gasteiger charge is -2.29. The molecule has 138 heavy (non-hydrogen) atoms. The van der Waals surface area contributed by atoms with Crippen molar-refractivity contribution in [3.8, 4) is 53.7 Å². The summed E-state index contributed by atoms with van der Waals surface area (Å²) in [4.78, 5) is 74.0. The molecule has 4 atom stereocenters. The summed E-state index contributed by atoms with van der Waals surface area (Å²) in [5.41, 5.74) is 1.44. The highest BCUT2D eigenvalue weighted by Gasteiger charge is 2.26. The maximum absolute atomic E-state index is 9.34. The van der Waals surface area contributed by atoms with Crippen LogP contribution in [0.5, 0.6) is 29.4 Å². The molecule has 0 radical (unpaired) electrons. The Morgan fingerprint density at radius 1 is 0.384 bits per heavy atom. The van der Waals surface area contributed by atoms with E-state index in [1.165, 1.54) is 24.8 Å². The summed E-state index contributed by atoms with van der Waals surface area (Å²) in [5.74, 6) is 8.00. The first-order valence-corrected chi connectivity index (χ1v) is 46.2. The molecule has 10 aromatic heterocycles. The van der Waals surface area contributed by atoms with Gasteiger partial charge in [-0.05, 0) is 221 Å². The molecule has 39 heteroatoms. The molecule has 3 aliphatic rings. The number of anilines is 10. The Labute approximate surface area is 831 Å². The minimum atomic E-state index is -0.141. The Morgan fingerprint density at radius 2 is 0.710 bits per heavy atom. The lowest BCUT2D eigenvalue weighted by molar-refractivity contribution is 0.0994. The van der Waals surface area contributed by atoms with Gasteiger partial charge in [0.25, 0.3) is 23.5 Å². The van der Waals surface area contributed by atoms with Gasteiger partial charge in [-0.15, -0.1) is 0 Å². The van der Waals surface area contributed by atoms with Crippen LogP contribution in [0.25, 0.3) is 53.9 Å². The number of likely N-dealkylation sites (N-methyl/N-ethyl adjacent to an activating group) is 2. The minimum Gasteiger partial charge on any atom is -0.476 e. The molecular weight excluding hydrogens is 1870 g/mol. The van der Waals surface area contributed by atoms with E-state index in [0.717, 1.165) is 144 Å². The summed E-state index contributed by atoms with van der Waals surface area (Å²) < 4.78 is 29.4. The third kappa shape index (κ3) is 28.2. The van der Waals surface area contributed by atoms with E-state index in [4.69, 9.17) is 87.0 Å². The zero-order valence-electron chi connectivity index (χ0n) is 77.2. The normalized spacial score (nSPS) is 14.7. The largest absolute Gasteiger partial charge is 0.476 e. The van der Waals surface area contributed by atoms with Gasteiger partial charge in [-0.3, -0.25) is 4.98 Å². The van der Waals surface area contributed by atoms with Gasteiger partial charge in [0.2, 0.25) is 28.7 Å². The molecule has 5 aromatic carbocycles. The number of hydrogen-bond donors (Lipinski definition) is 5. The van der Waals surface area contributed by atoms with Gasteiger partial charge in [-0.1, -0.05) is 126 Å². The smallest absolute Gasteiger partial charge is 0.253 e. The van der Waals surface area contributed by atoms with Gasteiger partial charge in [0, 0.05) is 109 Å². The number of aryl methyl sites for hydroxylation is 1. The maximum Gasteiger partial charge on any atom is 0.253 e. The summed E-state index contributed by atoms with van der Waals surface area (Å²) in [6, 6.07) is 46.0. The number of pyridine rings is 5. The van der Waals surface area contributed by atoms with Crippen LogP contribution in [0.4, 0.5) is 58.2 Å². The van der Waals surface area contributed by atoms with Gasteiger partial charge in [-0.2, -0.15) is 59.5 Å². The third-order valence-electron chi connectivity index (χ3n) is 22.3. The van der Waals surface area contributed by atoms with Crippen molar-refractivity contribution in [1.82, 2.24) is 94.4 Å². The molecule has 0 bridgehead atoms. The second-order valence-electron chi connectivity index (χ2n) is 33.3. The number of halogens is 5. The van der Waals surface area contributed by atoms with Crippen molar-refractivity contribution in [2.45, 2.75) is 91.0 Å². The van der Waals surface area contributed by atoms with Crippen LogP contribution < -0.4 is 50.3 Å². The van der Waals surface area contributed by atoms with Gasteiger partial charge < -0.3 is 69.9 Å². The van der Waals surface area contributed by atoms with Crippen LogP contribution in [-0.2, 0) is 0 Å². The summed E-state index contributed by atoms with van der Waals surface area (Å²) in [5, 5.41) is 65.3. The first-order chi connectivity index (χ1) is 66.4. The van der Waals surface area contributed by atoms with E-state index in [1.54, 1.807) is 37.2 Å². The predicted molar refractivity (Wildman–Crippen MR) is 546 cm³/mol. The molecule has 33 nitrogen and oxygen atoms in total. The predicted octanol–water partition coefficient (Wildman–Crippen LogP) is 20.4. The Hall–Kier alpha value is -13.9. The highest BCUT2D eigenvalue weighted by atomic mass is 35.5. The van der Waals surface area contributed by atoms with Gasteiger partial charge in [-0.25, -0.2) is 44.9 Å². The third-order valence-corrected chi connectivity index (χ3v) is 23.9. The van der Waals surface area contributed by atoms with Crippen molar-refractivity contribution in [3.05, 3.63) is 237 Å². The molecule has 0 amide bonds. The summed E-state index contributed by atoms with van der Waals surface area (Å²) in [7, 11) is 10.2. The molecular formula is C99H101Cl5N28O5S. The van der Waals surface area contributed by atoms with Crippen LogP contribution in [0.1, 0.15) is 94.2 Å². The van der Waals surface area contributed by atoms with Crippen LogP contribution in [0.3, 0.4) is 0 Å². The fourth-order valence-corrected chi connectivity index (χ4v) is 16.3. The van der Waals surface area contributed by atoms with E-state index >= 15 is 0 Å². The van der Waals surface area contributed by atoms with E-state index < -0.39 is 0 Å². The van der Waals surface area contributed by atoms with Gasteiger partial charge in [0.05, 0.1) is 56.0 Å². The number of fused-ring (bicyclic) bond motifs is 5. The fraction of sp³-hybridized carbons (Fsp3) is 0.303. The number of nitrogens with zero attached hydrogens (tertiary/aromatic N) is 23. The molecule has 3 aliphatic heterocycles. The van der Waals surface area contributed by atoms with E-state index in [2.05, 4.69) is 137 Å². The number of likely N-dealkylation sites (tertiary alicyclic amines) is 3. The van der Waals surface area contributed by atoms with Crippen LogP contribution in [0, 0.1) is 64.1 Å². The highest BCUT2D eigenvalue weighted by Crippen LogP contribution is 2.35. The van der Waals surface area contributed by atoms with E-state index in [-0.39, 0.29) is 78.1 Å². The van der Waals surface area contributed by atoms with Crippen molar-refractivity contribution < 1.29 is 23.7 Å². The second kappa shape index (κ2) is 49.3. The zero-order chi connectivity index (χ0) is 96.4. The van der Waals surface area contributed by atoms with Crippen molar-refractivity contribution >= 4 is 184 Å². The van der Waals surface area contributed by atoms with Crippen LogP contribution in [0.2, 0.25) is 25.1 Å². The minimum absolute atomic E-state index is 0. The SMILES string of the molecule is CC(CN(C)C)Oc1nc(Nc2cc3cccc(Cl)c3cn2)cnc1C#N.CC[C@H](C)Oc1nc(Nc2cc3cccc(Cl)c3cn2)cnc1C#N.CN1CCCC(COc2nc(Nc3cc4cccc(Cl)c4cn3)cnc2C#N)C1.CN1CCCC(Oc2nc(Nc3cc4cccc(Cl)c4cn3)cnc2C#N)C1.Cc1ncc(Nc2cc3cccc(Cl)c3cn2)nc1OCC1CCN(C)CC1.S. The molecule has 0 spiro atoms. The van der Waals surface area contributed by atoms with Crippen LogP contribution >= 0.6 is 71.5 Å². The molecule has 18 rings (SSSR count). The topological polar surface area (TPSA) is 408 Å². The monoisotopic (exact) mass is 1970 g/mol. The highest BCUT2D eigenvalue weighted by molar-refractivity contribution is 7.59. The molecule has 15 aromatic rings. The van der Waals surface area contributed by atoms with Gasteiger partial charge >= 0.3 is 0 Å². The average molecular weight is 1970 g/mol. The molecule has 13 heterocycles. The number of aromatic nitrogens is 15. The lowest BCUT2D eigenvalue weighted by Crippen LogP contribution is -2.38. The Kier molecular flexibility index (Phi) is 36.3. The Balaban J connectivity index is 0.000000145. The van der Waals surface area contributed by atoms with Crippen LogP contribution in [-0.4, -0.2) is 207 Å². The molecule has 708 valence electrons. The summed E-state index contributed by atoms with van der Waals surface area (Å²) in [6.45, 7) is 15.8. The summed E-state index contributed by atoms with van der Waals surface area (Å²) >= 11 is 30.9. The average Bonchev–Trinajstić information content (AvgIpc) is 0.821. The molecule has 0 aliphatic carbocycles. The number of benzene rings is 5. The molecule has 3 unspecified atom stereocenters. The molecule has 3 fully saturated rings.